The van der Waals surface area contributed by atoms with Gasteiger partial charge in [0, 0.05) is 28.8 Å². The van der Waals surface area contributed by atoms with E-state index >= 15 is 0 Å². The van der Waals surface area contributed by atoms with Crippen LogP contribution in [0.5, 0.6) is 0 Å². The molecule has 0 spiro atoms. The van der Waals surface area contributed by atoms with Crippen molar-refractivity contribution < 1.29 is 4.39 Å². The molecule has 106 valence electrons. The molecule has 1 aromatic heterocycles. The molecule has 0 amide bonds. The smallest absolute Gasteiger partial charge is 0.313 e. The molecule has 7 heteroatoms. The number of thioether (sulfide) groups is 1. The number of fused-ring (bicyclic) bond motifs is 1. The van der Waals surface area contributed by atoms with E-state index < -0.39 is 17.3 Å². The number of rotatable bonds is 1. The summed E-state index contributed by atoms with van der Waals surface area (Å²) in [6.45, 7) is 0. The largest absolute Gasteiger partial charge is 0.323 e. The number of H-pyrrole nitrogens is 2. The number of alkyl halides is 1. The van der Waals surface area contributed by atoms with Crippen molar-refractivity contribution in [1.82, 2.24) is 9.97 Å². The first-order chi connectivity index (χ1) is 10.1. The van der Waals surface area contributed by atoms with Gasteiger partial charge in [-0.2, -0.15) is 5.26 Å². The Kier molecular flexibility index (Phi) is 3.39. The molecule has 0 fully saturated rings. The van der Waals surface area contributed by atoms with E-state index in [1.807, 2.05) is 6.07 Å². The van der Waals surface area contributed by atoms with Crippen molar-refractivity contribution in [3.05, 3.63) is 61.9 Å². The normalized spacial score (nSPS) is 20.6. The molecule has 0 saturated heterocycles. The number of nitriles is 1. The Hall–Kier alpha value is -2.33. The van der Waals surface area contributed by atoms with Crippen LogP contribution in [-0.4, -0.2) is 9.97 Å². The zero-order valence-electron chi connectivity index (χ0n) is 10.7. The third-order valence-corrected chi connectivity index (χ3v) is 4.69. The molecule has 2 aromatic rings. The van der Waals surface area contributed by atoms with E-state index in [0.29, 0.717) is 16.8 Å². The molecule has 1 aromatic carbocycles. The molecule has 2 N–H and O–H groups in total. The van der Waals surface area contributed by atoms with Crippen molar-refractivity contribution in [2.45, 2.75) is 22.7 Å². The van der Waals surface area contributed by atoms with Gasteiger partial charge in [-0.05, 0) is 18.2 Å². The van der Waals surface area contributed by atoms with Crippen LogP contribution in [0.15, 0.2) is 38.9 Å². The summed E-state index contributed by atoms with van der Waals surface area (Å²) in [6, 6.07) is 6.89. The van der Waals surface area contributed by atoms with E-state index in [1.165, 1.54) is 18.0 Å². The highest BCUT2D eigenvalue weighted by atomic mass is 32.2. The second-order valence-electron chi connectivity index (χ2n) is 4.70. The number of benzene rings is 1. The molecule has 0 radical (unpaired) electrons. The summed E-state index contributed by atoms with van der Waals surface area (Å²) < 4.78 is 14.3. The fraction of sp³-hybridized carbons (Fsp3) is 0.214. The third-order valence-electron chi connectivity index (χ3n) is 3.34. The number of aromatic amines is 2. The minimum absolute atomic E-state index is 0.175. The summed E-state index contributed by atoms with van der Waals surface area (Å²) in [5.74, 6) is 0. The fourth-order valence-corrected chi connectivity index (χ4v) is 3.58. The Labute approximate surface area is 122 Å². The van der Waals surface area contributed by atoms with E-state index in [0.717, 1.165) is 4.90 Å². The van der Waals surface area contributed by atoms with Crippen LogP contribution >= 0.6 is 11.8 Å². The van der Waals surface area contributed by atoms with Crippen LogP contribution in [0.4, 0.5) is 4.39 Å². The number of halogens is 1. The van der Waals surface area contributed by atoms with E-state index in [9.17, 15) is 14.0 Å². The lowest BCUT2D eigenvalue weighted by Crippen LogP contribution is -2.30. The minimum atomic E-state index is -1.21. The Morgan fingerprint density at radius 2 is 2.14 bits per heavy atom. The zero-order chi connectivity index (χ0) is 15.0. The average Bonchev–Trinajstić information content (AvgIpc) is 2.49. The SMILES string of the molecule is N#Cc1ccc2c(c1)C(F)CC(c1c[nH]c(=O)c(=O)[nH]1)S2. The first kappa shape index (κ1) is 13.6. The summed E-state index contributed by atoms with van der Waals surface area (Å²) in [6.07, 6.45) is 0.368. The van der Waals surface area contributed by atoms with E-state index in [2.05, 4.69) is 9.97 Å². The standard InChI is InChI=1S/C14H10FN3O2S/c15-9-4-12(10-6-17-13(19)14(20)18-10)21-11-2-1-7(5-16)3-8(9)11/h1-3,6,9,12H,4H2,(H,17,19)(H,18,20). The summed E-state index contributed by atoms with van der Waals surface area (Å²) in [5.41, 5.74) is -0.0539. The highest BCUT2D eigenvalue weighted by Gasteiger charge is 2.29. The van der Waals surface area contributed by atoms with Crippen molar-refractivity contribution in [3.63, 3.8) is 0 Å². The molecule has 0 saturated carbocycles. The van der Waals surface area contributed by atoms with E-state index in [4.69, 9.17) is 5.26 Å². The Balaban J connectivity index is 1.98. The van der Waals surface area contributed by atoms with Crippen LogP contribution in [0.3, 0.4) is 0 Å². The second kappa shape index (κ2) is 5.22. The van der Waals surface area contributed by atoms with Crippen molar-refractivity contribution in [2.24, 2.45) is 0 Å². The highest BCUT2D eigenvalue weighted by Crippen LogP contribution is 2.49. The summed E-state index contributed by atoms with van der Waals surface area (Å²) in [4.78, 5) is 28.0. The maximum absolute atomic E-state index is 14.3. The molecular weight excluding hydrogens is 293 g/mol. The fourth-order valence-electron chi connectivity index (χ4n) is 2.28. The van der Waals surface area contributed by atoms with Crippen LogP contribution in [0.25, 0.3) is 0 Å². The predicted molar refractivity (Wildman–Crippen MR) is 75.9 cm³/mol. The van der Waals surface area contributed by atoms with Gasteiger partial charge < -0.3 is 9.97 Å². The van der Waals surface area contributed by atoms with Crippen molar-refractivity contribution in [3.8, 4) is 6.07 Å². The number of hydrogen-bond acceptors (Lipinski definition) is 4. The Morgan fingerprint density at radius 1 is 1.33 bits per heavy atom. The topological polar surface area (TPSA) is 89.5 Å². The van der Waals surface area contributed by atoms with Gasteiger partial charge in [0.05, 0.1) is 16.9 Å². The predicted octanol–water partition coefficient (Wildman–Crippen LogP) is 2.18. The number of aromatic nitrogens is 2. The van der Waals surface area contributed by atoms with E-state index in [1.54, 1.807) is 18.2 Å². The average molecular weight is 303 g/mol. The van der Waals surface area contributed by atoms with Crippen LogP contribution in [0, 0.1) is 11.3 Å². The van der Waals surface area contributed by atoms with Crippen molar-refractivity contribution >= 4 is 11.8 Å². The summed E-state index contributed by atoms with van der Waals surface area (Å²) in [7, 11) is 0. The van der Waals surface area contributed by atoms with Gasteiger partial charge >= 0.3 is 11.1 Å². The molecular formula is C14H10FN3O2S. The van der Waals surface area contributed by atoms with Crippen LogP contribution < -0.4 is 11.1 Å². The Bertz CT molecular complexity index is 852. The maximum atomic E-state index is 14.3. The van der Waals surface area contributed by atoms with E-state index in [-0.39, 0.29) is 11.7 Å². The zero-order valence-corrected chi connectivity index (χ0v) is 11.5. The molecule has 3 rings (SSSR count). The Morgan fingerprint density at radius 3 is 2.86 bits per heavy atom. The van der Waals surface area contributed by atoms with Crippen LogP contribution in [0.1, 0.15) is 34.7 Å². The second-order valence-corrected chi connectivity index (χ2v) is 5.95. The van der Waals surface area contributed by atoms with Crippen molar-refractivity contribution in [1.29, 1.82) is 5.26 Å². The van der Waals surface area contributed by atoms with Gasteiger partial charge in [-0.3, -0.25) is 9.59 Å². The molecule has 1 aliphatic rings. The molecule has 2 heterocycles. The summed E-state index contributed by atoms with van der Waals surface area (Å²) in [5, 5.41) is 8.57. The highest BCUT2D eigenvalue weighted by molar-refractivity contribution is 7.99. The number of nitrogens with zero attached hydrogens (tertiary/aromatic N) is 1. The van der Waals surface area contributed by atoms with Gasteiger partial charge in [0.2, 0.25) is 0 Å². The summed E-state index contributed by atoms with van der Waals surface area (Å²) >= 11 is 1.41. The molecule has 1 aliphatic heterocycles. The van der Waals surface area contributed by atoms with Gasteiger partial charge in [0.15, 0.2) is 0 Å². The third kappa shape index (κ3) is 2.50. The lowest BCUT2D eigenvalue weighted by Gasteiger charge is -2.26. The molecule has 5 nitrogen and oxygen atoms in total. The molecule has 2 unspecified atom stereocenters. The lowest BCUT2D eigenvalue weighted by atomic mass is 10.0. The molecule has 21 heavy (non-hydrogen) atoms. The first-order valence-electron chi connectivity index (χ1n) is 6.25. The van der Waals surface area contributed by atoms with Crippen LogP contribution in [-0.2, 0) is 0 Å². The van der Waals surface area contributed by atoms with Gasteiger partial charge in [0.25, 0.3) is 0 Å². The van der Waals surface area contributed by atoms with Gasteiger partial charge in [-0.25, -0.2) is 4.39 Å². The van der Waals surface area contributed by atoms with Crippen molar-refractivity contribution in [2.75, 3.05) is 0 Å². The van der Waals surface area contributed by atoms with Gasteiger partial charge in [-0.15, -0.1) is 11.8 Å². The maximum Gasteiger partial charge on any atom is 0.313 e. The minimum Gasteiger partial charge on any atom is -0.323 e. The number of hydrogen-bond donors (Lipinski definition) is 2. The van der Waals surface area contributed by atoms with Gasteiger partial charge in [0.1, 0.15) is 6.17 Å². The monoisotopic (exact) mass is 303 g/mol. The molecule has 0 aliphatic carbocycles. The lowest BCUT2D eigenvalue weighted by molar-refractivity contribution is 0.311. The first-order valence-corrected chi connectivity index (χ1v) is 7.13. The van der Waals surface area contributed by atoms with Crippen LogP contribution in [0.2, 0.25) is 0 Å². The van der Waals surface area contributed by atoms with Gasteiger partial charge in [-0.1, -0.05) is 0 Å². The molecule has 2 atom stereocenters. The number of nitrogens with one attached hydrogen (secondary N) is 2. The molecule has 0 bridgehead atoms. The quantitative estimate of drug-likeness (QED) is 0.790.